The molecule has 31 heavy (non-hydrogen) atoms. The van der Waals surface area contributed by atoms with Crippen LogP contribution in [0.3, 0.4) is 0 Å². The number of nitriles is 1. The molecule has 7 heteroatoms. The van der Waals surface area contributed by atoms with Gasteiger partial charge >= 0.3 is 0 Å². The predicted octanol–water partition coefficient (Wildman–Crippen LogP) is 4.13. The Labute approximate surface area is 178 Å². The molecule has 7 nitrogen and oxygen atoms in total. The number of nitrogens with zero attached hydrogens (tertiary/aromatic N) is 3. The quantitative estimate of drug-likeness (QED) is 0.340. The van der Waals surface area contributed by atoms with Crippen molar-refractivity contribution in [3.05, 3.63) is 100 Å². The average molecular weight is 407 g/mol. The predicted molar refractivity (Wildman–Crippen MR) is 120 cm³/mol. The summed E-state index contributed by atoms with van der Waals surface area (Å²) in [6, 6.07) is 25.5. The van der Waals surface area contributed by atoms with E-state index in [2.05, 4.69) is 20.5 Å². The number of phenols is 1. The van der Waals surface area contributed by atoms with E-state index in [1.54, 1.807) is 30.5 Å². The topological polar surface area (TPSA) is 114 Å². The van der Waals surface area contributed by atoms with Crippen LogP contribution in [0.5, 0.6) is 5.75 Å². The standard InChI is InChI=1S/C24H17N5O2/c25-14-21-22(17-6-2-1-3-7-17)27-24(28-23(21)31)29-26-15-18-8-4-5-9-20(18)16-10-12-19(30)13-11-16/h1-13,15,30H,(H2,27,28,29,31). The molecule has 3 N–H and O–H groups in total. The lowest BCUT2D eigenvalue weighted by Gasteiger charge is -2.07. The Morgan fingerprint density at radius 1 is 0.968 bits per heavy atom. The minimum Gasteiger partial charge on any atom is -0.508 e. The number of aromatic amines is 1. The first-order valence-electron chi connectivity index (χ1n) is 9.43. The molecule has 0 spiro atoms. The molecule has 1 heterocycles. The van der Waals surface area contributed by atoms with Gasteiger partial charge in [0.1, 0.15) is 17.4 Å². The molecule has 0 atom stereocenters. The monoisotopic (exact) mass is 407 g/mol. The smallest absolute Gasteiger partial charge is 0.270 e. The Bertz CT molecular complexity index is 1340. The van der Waals surface area contributed by atoms with Crippen molar-refractivity contribution in [2.24, 2.45) is 5.10 Å². The Morgan fingerprint density at radius 2 is 1.68 bits per heavy atom. The van der Waals surface area contributed by atoms with Crippen LogP contribution in [-0.2, 0) is 0 Å². The third kappa shape index (κ3) is 4.33. The molecule has 0 radical (unpaired) electrons. The Morgan fingerprint density at radius 3 is 2.42 bits per heavy atom. The summed E-state index contributed by atoms with van der Waals surface area (Å²) >= 11 is 0. The molecular formula is C24H17N5O2. The maximum Gasteiger partial charge on any atom is 0.270 e. The number of anilines is 1. The first kappa shape index (κ1) is 19.6. The highest BCUT2D eigenvalue weighted by Crippen LogP contribution is 2.24. The van der Waals surface area contributed by atoms with Crippen molar-refractivity contribution >= 4 is 12.2 Å². The highest BCUT2D eigenvalue weighted by Gasteiger charge is 2.12. The minimum atomic E-state index is -0.543. The minimum absolute atomic E-state index is 0.0570. The van der Waals surface area contributed by atoms with Crippen LogP contribution in [0.1, 0.15) is 11.1 Å². The van der Waals surface area contributed by atoms with E-state index in [-0.39, 0.29) is 23.0 Å². The maximum atomic E-state index is 12.3. The van der Waals surface area contributed by atoms with E-state index in [0.29, 0.717) is 5.56 Å². The van der Waals surface area contributed by atoms with Crippen LogP contribution in [0.25, 0.3) is 22.4 Å². The number of nitrogens with one attached hydrogen (secondary N) is 2. The number of aromatic nitrogens is 2. The van der Waals surface area contributed by atoms with Gasteiger partial charge < -0.3 is 5.11 Å². The fourth-order valence-electron chi connectivity index (χ4n) is 3.11. The summed E-state index contributed by atoms with van der Waals surface area (Å²) in [5, 5.41) is 23.1. The van der Waals surface area contributed by atoms with Crippen LogP contribution in [0, 0.1) is 11.3 Å². The highest BCUT2D eigenvalue weighted by atomic mass is 16.3. The molecule has 0 fully saturated rings. The summed E-state index contributed by atoms with van der Waals surface area (Å²) in [6.07, 6.45) is 1.61. The second-order valence-electron chi connectivity index (χ2n) is 6.62. The highest BCUT2D eigenvalue weighted by molar-refractivity contribution is 5.90. The van der Waals surface area contributed by atoms with Crippen LogP contribution >= 0.6 is 0 Å². The maximum absolute atomic E-state index is 12.3. The molecule has 0 aliphatic heterocycles. The molecule has 150 valence electrons. The second-order valence-corrected chi connectivity index (χ2v) is 6.62. The van der Waals surface area contributed by atoms with Crippen molar-refractivity contribution in [3.63, 3.8) is 0 Å². The summed E-state index contributed by atoms with van der Waals surface area (Å²) in [5.41, 5.74) is 5.77. The number of hydrazone groups is 1. The lowest BCUT2D eigenvalue weighted by Crippen LogP contribution is -2.16. The van der Waals surface area contributed by atoms with Gasteiger partial charge in [-0.25, -0.2) is 10.4 Å². The number of H-pyrrole nitrogens is 1. The van der Waals surface area contributed by atoms with Crippen molar-refractivity contribution in [1.29, 1.82) is 5.26 Å². The van der Waals surface area contributed by atoms with E-state index in [0.717, 1.165) is 16.7 Å². The molecule has 4 aromatic rings. The summed E-state index contributed by atoms with van der Waals surface area (Å²) < 4.78 is 0. The van der Waals surface area contributed by atoms with Crippen molar-refractivity contribution in [3.8, 4) is 34.2 Å². The van der Waals surface area contributed by atoms with Gasteiger partial charge in [-0.3, -0.25) is 9.78 Å². The van der Waals surface area contributed by atoms with Crippen LogP contribution in [0.4, 0.5) is 5.95 Å². The van der Waals surface area contributed by atoms with Gasteiger partial charge in [-0.05, 0) is 23.3 Å². The number of aromatic hydroxyl groups is 1. The Balaban J connectivity index is 1.64. The average Bonchev–Trinajstić information content (AvgIpc) is 2.80. The van der Waals surface area contributed by atoms with E-state index in [1.807, 2.05) is 60.7 Å². The molecular weight excluding hydrogens is 390 g/mol. The normalized spacial score (nSPS) is 10.7. The van der Waals surface area contributed by atoms with Crippen molar-refractivity contribution < 1.29 is 5.11 Å². The van der Waals surface area contributed by atoms with E-state index >= 15 is 0 Å². The molecule has 0 saturated carbocycles. The molecule has 0 aliphatic carbocycles. The van der Waals surface area contributed by atoms with Gasteiger partial charge in [0, 0.05) is 11.1 Å². The van der Waals surface area contributed by atoms with Crippen LogP contribution < -0.4 is 11.0 Å². The number of hydrogen-bond acceptors (Lipinski definition) is 6. The molecule has 0 unspecified atom stereocenters. The zero-order chi connectivity index (χ0) is 21.6. The molecule has 0 bridgehead atoms. The van der Waals surface area contributed by atoms with Gasteiger partial charge in [0.2, 0.25) is 5.95 Å². The summed E-state index contributed by atoms with van der Waals surface area (Å²) in [7, 11) is 0. The van der Waals surface area contributed by atoms with E-state index < -0.39 is 5.56 Å². The number of hydrogen-bond donors (Lipinski definition) is 3. The first-order chi connectivity index (χ1) is 15.2. The molecule has 0 amide bonds. The van der Waals surface area contributed by atoms with Gasteiger partial charge in [0.25, 0.3) is 5.56 Å². The van der Waals surface area contributed by atoms with Gasteiger partial charge in [0.15, 0.2) is 0 Å². The third-order valence-corrected chi connectivity index (χ3v) is 4.59. The van der Waals surface area contributed by atoms with Crippen molar-refractivity contribution in [2.45, 2.75) is 0 Å². The van der Waals surface area contributed by atoms with E-state index in [4.69, 9.17) is 0 Å². The lowest BCUT2D eigenvalue weighted by molar-refractivity contribution is 0.475. The van der Waals surface area contributed by atoms with Crippen molar-refractivity contribution in [2.75, 3.05) is 5.43 Å². The summed E-state index contributed by atoms with van der Waals surface area (Å²) in [5.74, 6) is 0.322. The van der Waals surface area contributed by atoms with Gasteiger partial charge in [-0.1, -0.05) is 66.7 Å². The Kier molecular flexibility index (Phi) is 5.54. The molecule has 0 saturated heterocycles. The molecule has 0 aliphatic rings. The third-order valence-electron chi connectivity index (χ3n) is 4.59. The fourth-order valence-corrected chi connectivity index (χ4v) is 3.11. The fraction of sp³-hybridized carbons (Fsp3) is 0. The van der Waals surface area contributed by atoms with E-state index in [1.165, 1.54) is 0 Å². The summed E-state index contributed by atoms with van der Waals surface area (Å²) in [6.45, 7) is 0. The first-order valence-corrected chi connectivity index (χ1v) is 9.43. The number of phenolic OH excluding ortho intramolecular Hbond substituents is 1. The van der Waals surface area contributed by atoms with Crippen LogP contribution in [0.2, 0.25) is 0 Å². The molecule has 1 aromatic heterocycles. The second kappa shape index (κ2) is 8.76. The largest absolute Gasteiger partial charge is 0.508 e. The molecule has 4 rings (SSSR count). The van der Waals surface area contributed by atoms with Crippen molar-refractivity contribution in [1.82, 2.24) is 9.97 Å². The van der Waals surface area contributed by atoms with Gasteiger partial charge in [-0.2, -0.15) is 10.4 Å². The number of rotatable bonds is 5. The lowest BCUT2D eigenvalue weighted by atomic mass is 10.0. The van der Waals surface area contributed by atoms with E-state index in [9.17, 15) is 15.2 Å². The van der Waals surface area contributed by atoms with Gasteiger partial charge in [-0.15, -0.1) is 0 Å². The summed E-state index contributed by atoms with van der Waals surface area (Å²) in [4.78, 5) is 19.2. The SMILES string of the molecule is N#Cc1c(-c2ccccc2)nc(NN=Cc2ccccc2-c2ccc(O)cc2)[nH]c1=O. The van der Waals surface area contributed by atoms with Crippen LogP contribution in [0.15, 0.2) is 88.8 Å². The number of benzene rings is 3. The Hall–Kier alpha value is -4.70. The van der Waals surface area contributed by atoms with Crippen LogP contribution in [-0.4, -0.2) is 21.3 Å². The zero-order valence-electron chi connectivity index (χ0n) is 16.3. The zero-order valence-corrected chi connectivity index (χ0v) is 16.3. The molecule has 3 aromatic carbocycles. The van der Waals surface area contributed by atoms with Gasteiger partial charge in [0.05, 0.1) is 11.9 Å².